The van der Waals surface area contributed by atoms with Crippen LogP contribution in [0.3, 0.4) is 0 Å². The van der Waals surface area contributed by atoms with E-state index < -0.39 is 5.91 Å². The molecule has 0 spiro atoms. The molecule has 0 saturated carbocycles. The summed E-state index contributed by atoms with van der Waals surface area (Å²) in [7, 11) is 0. The van der Waals surface area contributed by atoms with Gasteiger partial charge in [0.25, 0.3) is 0 Å². The van der Waals surface area contributed by atoms with Crippen LogP contribution in [0.5, 0.6) is 0 Å². The summed E-state index contributed by atoms with van der Waals surface area (Å²) < 4.78 is 0. The zero-order valence-electron chi connectivity index (χ0n) is 8.97. The number of hydrogen-bond acceptors (Lipinski definition) is 2. The van der Waals surface area contributed by atoms with Gasteiger partial charge >= 0.3 is 0 Å². The van der Waals surface area contributed by atoms with Crippen molar-refractivity contribution in [2.75, 3.05) is 0 Å². The molecule has 2 aromatic carbocycles. The van der Waals surface area contributed by atoms with Crippen molar-refractivity contribution >= 4 is 5.91 Å². The van der Waals surface area contributed by atoms with Gasteiger partial charge in [0.05, 0.1) is 17.2 Å². The first-order valence-corrected chi connectivity index (χ1v) is 5.03. The van der Waals surface area contributed by atoms with Gasteiger partial charge < -0.3 is 5.73 Å². The van der Waals surface area contributed by atoms with Crippen molar-refractivity contribution in [1.29, 1.82) is 5.26 Å². The third-order valence-corrected chi connectivity index (χ3v) is 2.43. The Bertz CT molecular complexity index is 594. The SMILES string of the molecule is N#Cc1ccc(-c2ccc[c]c2C(N)=O)cc1. The number of carbonyl (C=O) groups excluding carboxylic acids is 1. The molecule has 0 aliphatic heterocycles. The summed E-state index contributed by atoms with van der Waals surface area (Å²) in [5, 5.41) is 8.71. The molecule has 0 unspecified atom stereocenters. The van der Waals surface area contributed by atoms with E-state index in [1.807, 2.05) is 6.07 Å². The fourth-order valence-corrected chi connectivity index (χ4v) is 1.61. The van der Waals surface area contributed by atoms with E-state index in [4.69, 9.17) is 11.0 Å². The highest BCUT2D eigenvalue weighted by atomic mass is 16.1. The zero-order valence-corrected chi connectivity index (χ0v) is 8.97. The first-order chi connectivity index (χ1) is 8.22. The molecular formula is C14H9N2O. The van der Waals surface area contributed by atoms with Crippen LogP contribution in [-0.2, 0) is 0 Å². The van der Waals surface area contributed by atoms with Crippen molar-refractivity contribution in [2.24, 2.45) is 5.73 Å². The molecule has 0 saturated heterocycles. The first kappa shape index (κ1) is 10.9. The molecule has 0 bridgehead atoms. The van der Waals surface area contributed by atoms with Gasteiger partial charge in [-0.2, -0.15) is 5.26 Å². The van der Waals surface area contributed by atoms with Gasteiger partial charge in [0.1, 0.15) is 0 Å². The fourth-order valence-electron chi connectivity index (χ4n) is 1.61. The molecule has 2 N–H and O–H groups in total. The second-order valence-corrected chi connectivity index (χ2v) is 3.51. The number of nitrogens with two attached hydrogens (primary N) is 1. The van der Waals surface area contributed by atoms with E-state index in [1.54, 1.807) is 42.5 Å². The summed E-state index contributed by atoms with van der Waals surface area (Å²) in [6.45, 7) is 0. The Morgan fingerprint density at radius 2 is 1.94 bits per heavy atom. The summed E-state index contributed by atoms with van der Waals surface area (Å²) in [4.78, 5) is 11.3. The van der Waals surface area contributed by atoms with Gasteiger partial charge in [-0.3, -0.25) is 4.79 Å². The maximum Gasteiger partial charge on any atom is 0.249 e. The minimum absolute atomic E-state index is 0.359. The van der Waals surface area contributed by atoms with E-state index in [9.17, 15) is 4.79 Å². The maximum absolute atomic E-state index is 11.3. The molecule has 0 heterocycles. The molecule has 3 nitrogen and oxygen atoms in total. The fraction of sp³-hybridized carbons (Fsp3) is 0. The first-order valence-electron chi connectivity index (χ1n) is 5.03. The number of primary amides is 1. The number of amides is 1. The number of benzene rings is 2. The molecule has 1 radical (unpaired) electrons. The third kappa shape index (κ3) is 2.16. The predicted octanol–water partition coefficient (Wildman–Crippen LogP) is 2.12. The van der Waals surface area contributed by atoms with E-state index >= 15 is 0 Å². The molecule has 2 rings (SSSR count). The Kier molecular flexibility index (Phi) is 2.89. The number of hydrogen-bond donors (Lipinski definition) is 1. The normalized spacial score (nSPS) is 9.59. The van der Waals surface area contributed by atoms with E-state index in [-0.39, 0.29) is 0 Å². The van der Waals surface area contributed by atoms with E-state index in [1.165, 1.54) is 0 Å². The molecule has 0 aliphatic carbocycles. The van der Waals surface area contributed by atoms with Crippen molar-refractivity contribution in [2.45, 2.75) is 0 Å². The summed E-state index contributed by atoms with van der Waals surface area (Å²) in [6.07, 6.45) is 0. The minimum atomic E-state index is -0.509. The summed E-state index contributed by atoms with van der Waals surface area (Å²) in [5.74, 6) is -0.509. The molecular weight excluding hydrogens is 212 g/mol. The smallest absolute Gasteiger partial charge is 0.249 e. The van der Waals surface area contributed by atoms with Crippen LogP contribution in [0.1, 0.15) is 15.9 Å². The van der Waals surface area contributed by atoms with Crippen LogP contribution in [0.4, 0.5) is 0 Å². The van der Waals surface area contributed by atoms with E-state index in [0.29, 0.717) is 11.1 Å². The van der Waals surface area contributed by atoms with Gasteiger partial charge in [-0.1, -0.05) is 30.3 Å². The Morgan fingerprint density at radius 1 is 1.24 bits per heavy atom. The molecule has 1 amide bonds. The lowest BCUT2D eigenvalue weighted by Crippen LogP contribution is -2.12. The van der Waals surface area contributed by atoms with Crippen LogP contribution < -0.4 is 5.73 Å². The summed E-state index contributed by atoms with van der Waals surface area (Å²) >= 11 is 0. The highest BCUT2D eigenvalue weighted by Gasteiger charge is 2.08. The monoisotopic (exact) mass is 221 g/mol. The molecule has 3 heteroatoms. The van der Waals surface area contributed by atoms with Crippen LogP contribution in [0.15, 0.2) is 42.5 Å². The van der Waals surface area contributed by atoms with Crippen LogP contribution in [0.25, 0.3) is 11.1 Å². The van der Waals surface area contributed by atoms with Crippen LogP contribution in [0, 0.1) is 17.4 Å². The van der Waals surface area contributed by atoms with Gasteiger partial charge in [-0.15, -0.1) is 0 Å². The van der Waals surface area contributed by atoms with Gasteiger partial charge in [-0.05, 0) is 29.3 Å². The molecule has 2 aromatic rings. The second-order valence-electron chi connectivity index (χ2n) is 3.51. The molecule has 0 fully saturated rings. The lowest BCUT2D eigenvalue weighted by molar-refractivity contribution is 0.100. The maximum atomic E-state index is 11.3. The predicted molar refractivity (Wildman–Crippen MR) is 63.9 cm³/mol. The molecule has 0 aliphatic rings. The average Bonchev–Trinajstić information content (AvgIpc) is 2.39. The van der Waals surface area contributed by atoms with Crippen LogP contribution in [-0.4, -0.2) is 5.91 Å². The van der Waals surface area contributed by atoms with Gasteiger partial charge in [0.2, 0.25) is 5.91 Å². The van der Waals surface area contributed by atoms with E-state index in [2.05, 4.69) is 6.07 Å². The van der Waals surface area contributed by atoms with Crippen molar-refractivity contribution in [3.05, 3.63) is 59.7 Å². The highest BCUT2D eigenvalue weighted by molar-refractivity contribution is 5.99. The Labute approximate surface area is 99.1 Å². The van der Waals surface area contributed by atoms with Gasteiger partial charge in [0.15, 0.2) is 0 Å². The summed E-state index contributed by atoms with van der Waals surface area (Å²) in [6, 6.07) is 17.1. The second kappa shape index (κ2) is 4.50. The summed E-state index contributed by atoms with van der Waals surface area (Å²) in [5.41, 5.74) is 7.79. The van der Waals surface area contributed by atoms with Crippen molar-refractivity contribution in [3.8, 4) is 17.2 Å². The topological polar surface area (TPSA) is 66.9 Å². The third-order valence-electron chi connectivity index (χ3n) is 2.43. The molecule has 17 heavy (non-hydrogen) atoms. The number of nitriles is 1. The molecule has 81 valence electrons. The number of carbonyl (C=O) groups is 1. The quantitative estimate of drug-likeness (QED) is 0.844. The molecule has 0 aromatic heterocycles. The lowest BCUT2D eigenvalue weighted by Gasteiger charge is -2.05. The van der Waals surface area contributed by atoms with E-state index in [0.717, 1.165) is 11.1 Å². The number of nitrogens with zero attached hydrogens (tertiary/aromatic N) is 1. The number of rotatable bonds is 2. The zero-order chi connectivity index (χ0) is 12.3. The van der Waals surface area contributed by atoms with Crippen molar-refractivity contribution < 1.29 is 4.79 Å². The Morgan fingerprint density at radius 3 is 2.53 bits per heavy atom. The van der Waals surface area contributed by atoms with Gasteiger partial charge in [-0.25, -0.2) is 0 Å². The highest BCUT2D eigenvalue weighted by Crippen LogP contribution is 2.23. The van der Waals surface area contributed by atoms with Crippen LogP contribution >= 0.6 is 0 Å². The standard InChI is InChI=1S/C14H9N2O/c15-9-10-5-7-11(8-6-10)12-3-1-2-4-13(12)14(16)17/h1-3,5-8H,(H2,16,17). The largest absolute Gasteiger partial charge is 0.366 e. The Balaban J connectivity index is 2.53. The Hall–Kier alpha value is -2.60. The van der Waals surface area contributed by atoms with Crippen molar-refractivity contribution in [3.63, 3.8) is 0 Å². The average molecular weight is 221 g/mol. The van der Waals surface area contributed by atoms with Crippen LogP contribution in [0.2, 0.25) is 0 Å². The molecule has 0 atom stereocenters. The minimum Gasteiger partial charge on any atom is -0.366 e. The van der Waals surface area contributed by atoms with Gasteiger partial charge in [0, 0.05) is 0 Å². The van der Waals surface area contributed by atoms with Crippen molar-refractivity contribution in [1.82, 2.24) is 0 Å². The lowest BCUT2D eigenvalue weighted by atomic mass is 9.98.